The van der Waals surface area contributed by atoms with Gasteiger partial charge in [0.15, 0.2) is 0 Å². The Morgan fingerprint density at radius 2 is 2.31 bits per heavy atom. The lowest BCUT2D eigenvalue weighted by Gasteiger charge is -2.22. The normalized spacial score (nSPS) is 17.4. The van der Waals surface area contributed by atoms with Gasteiger partial charge < -0.3 is 10.2 Å². The summed E-state index contributed by atoms with van der Waals surface area (Å²) >= 11 is 1.77. The number of nitrogens with zero attached hydrogens (tertiary/aromatic N) is 3. The van der Waals surface area contributed by atoms with E-state index in [9.17, 15) is 4.79 Å². The van der Waals surface area contributed by atoms with Crippen LogP contribution in [0.5, 0.6) is 0 Å². The maximum absolute atomic E-state index is 12.9. The topological polar surface area (TPSA) is 50.2 Å². The zero-order valence-electron chi connectivity index (χ0n) is 15.9. The molecule has 142 valence electrons. The molecule has 3 rings (SSSR count). The Balaban J connectivity index is 1.62. The molecule has 0 radical (unpaired) electrons. The van der Waals surface area contributed by atoms with Crippen LogP contribution in [0.25, 0.3) is 0 Å². The molecule has 0 bridgehead atoms. The van der Waals surface area contributed by atoms with Gasteiger partial charge in [-0.1, -0.05) is 13.3 Å². The molecule has 26 heavy (non-hydrogen) atoms. The van der Waals surface area contributed by atoms with E-state index >= 15 is 0 Å². The molecule has 3 heterocycles. The molecular weight excluding hydrogens is 344 g/mol. The summed E-state index contributed by atoms with van der Waals surface area (Å²) in [6.07, 6.45) is 6.46. The second-order valence-corrected chi connectivity index (χ2v) is 8.54. The average molecular weight is 375 g/mol. The largest absolute Gasteiger partial charge is 0.336 e. The summed E-state index contributed by atoms with van der Waals surface area (Å²) < 4.78 is 1.81. The fourth-order valence-electron chi connectivity index (χ4n) is 3.43. The molecule has 0 aromatic carbocycles. The van der Waals surface area contributed by atoms with E-state index in [1.54, 1.807) is 11.3 Å². The summed E-state index contributed by atoms with van der Waals surface area (Å²) in [4.78, 5) is 17.4. The lowest BCUT2D eigenvalue weighted by Crippen LogP contribution is -2.34. The highest BCUT2D eigenvalue weighted by atomic mass is 32.1. The molecule has 2 aromatic rings. The second kappa shape index (κ2) is 9.33. The molecule has 1 fully saturated rings. The Hall–Kier alpha value is -1.66. The predicted octanol–water partition coefficient (Wildman–Crippen LogP) is 3.55. The van der Waals surface area contributed by atoms with Crippen molar-refractivity contribution >= 4 is 17.2 Å². The number of hydrogen-bond acceptors (Lipinski definition) is 4. The molecule has 0 unspecified atom stereocenters. The Labute approximate surface area is 160 Å². The minimum Gasteiger partial charge on any atom is -0.336 e. The first kappa shape index (κ1) is 19.1. The first-order chi connectivity index (χ1) is 12.7. The zero-order valence-corrected chi connectivity index (χ0v) is 16.7. The number of aryl methyl sites for hydroxylation is 1. The minimum atomic E-state index is 0.154. The van der Waals surface area contributed by atoms with Gasteiger partial charge in [0.25, 0.3) is 0 Å². The highest BCUT2D eigenvalue weighted by Crippen LogP contribution is 2.21. The number of unbranched alkanes of at least 4 members (excludes halogenated alkanes) is 1. The van der Waals surface area contributed by atoms with Gasteiger partial charge in [-0.05, 0) is 50.9 Å². The highest BCUT2D eigenvalue weighted by molar-refractivity contribution is 7.11. The minimum absolute atomic E-state index is 0.154. The molecule has 0 aliphatic carbocycles. The second-order valence-electron chi connectivity index (χ2n) is 7.16. The maximum atomic E-state index is 12.9. The van der Waals surface area contributed by atoms with Crippen LogP contribution < -0.4 is 5.32 Å². The Kier molecular flexibility index (Phi) is 6.86. The van der Waals surface area contributed by atoms with E-state index in [0.717, 1.165) is 38.2 Å². The molecule has 5 nitrogen and oxygen atoms in total. The third-order valence-electron chi connectivity index (χ3n) is 4.95. The van der Waals surface area contributed by atoms with Crippen molar-refractivity contribution in [1.29, 1.82) is 0 Å². The van der Waals surface area contributed by atoms with Gasteiger partial charge in [-0.3, -0.25) is 9.48 Å². The number of hydrogen-bond donors (Lipinski definition) is 1. The van der Waals surface area contributed by atoms with Crippen molar-refractivity contribution < 1.29 is 4.79 Å². The molecule has 0 spiro atoms. The van der Waals surface area contributed by atoms with Crippen LogP contribution in [0.3, 0.4) is 0 Å². The van der Waals surface area contributed by atoms with Crippen molar-refractivity contribution in [2.45, 2.75) is 58.5 Å². The van der Waals surface area contributed by atoms with E-state index in [1.807, 2.05) is 15.8 Å². The molecule has 1 aliphatic rings. The summed E-state index contributed by atoms with van der Waals surface area (Å²) in [6.45, 7) is 8.21. The summed E-state index contributed by atoms with van der Waals surface area (Å²) in [5.41, 5.74) is 1.11. The summed E-state index contributed by atoms with van der Waals surface area (Å²) in [5.74, 6) is 0.631. The van der Waals surface area contributed by atoms with Crippen LogP contribution in [-0.4, -0.2) is 40.2 Å². The van der Waals surface area contributed by atoms with Crippen LogP contribution in [-0.2, 0) is 17.9 Å². The van der Waals surface area contributed by atoms with Gasteiger partial charge in [0, 0.05) is 35.0 Å². The molecule has 1 aliphatic heterocycles. The monoisotopic (exact) mass is 374 g/mol. The van der Waals surface area contributed by atoms with Crippen LogP contribution in [0, 0.1) is 6.92 Å². The number of carbonyl (C=O) groups is 1. The van der Waals surface area contributed by atoms with Crippen molar-refractivity contribution in [1.82, 2.24) is 20.0 Å². The maximum Gasteiger partial charge on any atom is 0.244 e. The van der Waals surface area contributed by atoms with Crippen molar-refractivity contribution in [3.8, 4) is 0 Å². The Bertz CT molecular complexity index is 702. The third-order valence-corrected chi connectivity index (χ3v) is 5.94. The van der Waals surface area contributed by atoms with Gasteiger partial charge >= 0.3 is 0 Å². The van der Waals surface area contributed by atoms with Gasteiger partial charge in [0.1, 0.15) is 6.54 Å². The van der Waals surface area contributed by atoms with E-state index < -0.39 is 0 Å². The smallest absolute Gasteiger partial charge is 0.244 e. The molecule has 1 atom stereocenters. The molecule has 1 saturated heterocycles. The summed E-state index contributed by atoms with van der Waals surface area (Å²) in [7, 11) is 0. The van der Waals surface area contributed by atoms with Crippen LogP contribution in [0.4, 0.5) is 0 Å². The lowest BCUT2D eigenvalue weighted by atomic mass is 9.97. The number of thiophene rings is 1. The zero-order chi connectivity index (χ0) is 18.4. The van der Waals surface area contributed by atoms with E-state index in [4.69, 9.17) is 0 Å². The summed E-state index contributed by atoms with van der Waals surface area (Å²) in [5, 5.41) is 8.11. The Morgan fingerprint density at radius 1 is 1.42 bits per heavy atom. The van der Waals surface area contributed by atoms with Gasteiger partial charge in [-0.15, -0.1) is 11.3 Å². The number of amides is 1. The standard InChI is InChI=1S/C20H30N4OS/c1-3-4-11-23(14-18-8-7-16(2)26-18)20(25)15-24-12-9-19(22-24)17-6-5-10-21-13-17/h7-9,12,17,21H,3-6,10-11,13-15H2,1-2H3/t17-/m1/s1. The molecule has 1 N–H and O–H groups in total. The van der Waals surface area contributed by atoms with Gasteiger partial charge in [0.05, 0.1) is 12.2 Å². The fourth-order valence-corrected chi connectivity index (χ4v) is 4.33. The molecule has 6 heteroatoms. The van der Waals surface area contributed by atoms with E-state index in [-0.39, 0.29) is 5.91 Å². The van der Waals surface area contributed by atoms with Gasteiger partial charge in [-0.25, -0.2) is 0 Å². The number of rotatable bonds is 8. The highest BCUT2D eigenvalue weighted by Gasteiger charge is 2.19. The molecule has 0 saturated carbocycles. The van der Waals surface area contributed by atoms with Crippen molar-refractivity contribution in [2.24, 2.45) is 0 Å². The quantitative estimate of drug-likeness (QED) is 0.769. The van der Waals surface area contributed by atoms with Crippen LogP contribution >= 0.6 is 11.3 Å². The number of aromatic nitrogens is 2. The van der Waals surface area contributed by atoms with Gasteiger partial charge in [-0.2, -0.15) is 5.10 Å². The molecule has 2 aromatic heterocycles. The predicted molar refractivity (Wildman–Crippen MR) is 106 cm³/mol. The lowest BCUT2D eigenvalue weighted by molar-refractivity contribution is -0.132. The van der Waals surface area contributed by atoms with Crippen LogP contribution in [0.1, 0.15) is 54.0 Å². The van der Waals surface area contributed by atoms with Crippen molar-refractivity contribution in [3.05, 3.63) is 39.8 Å². The SMILES string of the molecule is CCCCN(Cc1ccc(C)s1)C(=O)Cn1ccc([C@@H]2CCCNC2)n1. The first-order valence-corrected chi connectivity index (χ1v) is 10.5. The van der Waals surface area contributed by atoms with Crippen LogP contribution in [0.15, 0.2) is 24.4 Å². The number of carbonyl (C=O) groups excluding carboxylic acids is 1. The number of piperidine rings is 1. The number of nitrogens with one attached hydrogen (secondary N) is 1. The Morgan fingerprint density at radius 3 is 3.00 bits per heavy atom. The average Bonchev–Trinajstić information content (AvgIpc) is 3.28. The van der Waals surface area contributed by atoms with Crippen molar-refractivity contribution in [3.63, 3.8) is 0 Å². The van der Waals surface area contributed by atoms with E-state index in [2.05, 4.69) is 42.5 Å². The van der Waals surface area contributed by atoms with Crippen LogP contribution in [0.2, 0.25) is 0 Å². The first-order valence-electron chi connectivity index (χ1n) is 9.73. The molecule has 1 amide bonds. The van der Waals surface area contributed by atoms with Crippen molar-refractivity contribution in [2.75, 3.05) is 19.6 Å². The van der Waals surface area contributed by atoms with E-state index in [0.29, 0.717) is 19.0 Å². The third kappa shape index (κ3) is 5.17. The molecular formula is C20H30N4OS. The summed E-state index contributed by atoms with van der Waals surface area (Å²) in [6, 6.07) is 6.33. The van der Waals surface area contributed by atoms with Gasteiger partial charge in [0.2, 0.25) is 5.91 Å². The fraction of sp³-hybridized carbons (Fsp3) is 0.600. The van der Waals surface area contributed by atoms with E-state index in [1.165, 1.54) is 22.6 Å².